The minimum Gasteiger partial charge on any atom is -0.352 e. The number of benzene rings is 2. The van der Waals surface area contributed by atoms with Crippen LogP contribution in [-0.2, 0) is 25.4 Å². The number of fused-ring (bicyclic) bond motifs is 1. The van der Waals surface area contributed by atoms with Gasteiger partial charge in [0.15, 0.2) is 10.9 Å². The Bertz CT molecular complexity index is 2890. The molecular formula is C46H49F4N11O3S2. The second kappa shape index (κ2) is 17.6. The van der Waals surface area contributed by atoms with Crippen LogP contribution in [0.15, 0.2) is 67.0 Å². The monoisotopic (exact) mass is 943 g/mol. The van der Waals surface area contributed by atoms with Gasteiger partial charge in [-0.05, 0) is 114 Å². The molecule has 0 bridgehead atoms. The molecule has 14 nitrogen and oxygen atoms in total. The molecule has 3 aromatic heterocycles. The molecule has 5 aromatic rings. The fourth-order valence-electron chi connectivity index (χ4n) is 9.02. The molecular weight excluding hydrogens is 895 g/mol. The predicted octanol–water partition coefficient (Wildman–Crippen LogP) is 8.13. The Balaban J connectivity index is 0.823. The van der Waals surface area contributed by atoms with Gasteiger partial charge >= 0.3 is 6.18 Å². The number of unbranched alkanes of at least 4 members (excludes halogenated alkanes) is 3. The lowest BCUT2D eigenvalue weighted by Gasteiger charge is -2.41. The van der Waals surface area contributed by atoms with Gasteiger partial charge in [0.25, 0.3) is 11.8 Å². The molecule has 1 saturated carbocycles. The SMILES string of the molecule is C[C@@H]1CN(CCCCCCNC(=O)c2ccc(N3C(=S)N(c4ccc(C#N)c(C(F)(F)F)c4)C(=O)C3(C)C)cc2F)CCN1c1cc(C2([S@](C)(=N)=O)CC2)nc(-c2ccnc3[nH]ccc23)n1. The minimum absolute atomic E-state index is 0.126. The molecule has 2 aliphatic heterocycles. The van der Waals surface area contributed by atoms with Crippen LogP contribution in [0.25, 0.3) is 22.4 Å². The minimum atomic E-state index is -4.86. The summed E-state index contributed by atoms with van der Waals surface area (Å²) in [5.41, 5.74) is -1.33. The number of nitrogens with one attached hydrogen (secondary N) is 3. The topological polar surface area (TPSA) is 178 Å². The number of nitriles is 1. The van der Waals surface area contributed by atoms with Crippen molar-refractivity contribution in [3.05, 3.63) is 95.2 Å². The summed E-state index contributed by atoms with van der Waals surface area (Å²) in [6.07, 6.45) is 4.89. The predicted molar refractivity (Wildman–Crippen MR) is 248 cm³/mol. The van der Waals surface area contributed by atoms with Crippen molar-refractivity contribution in [3.8, 4) is 17.5 Å². The lowest BCUT2D eigenvalue weighted by atomic mass is 10.0. The molecule has 8 rings (SSSR count). The van der Waals surface area contributed by atoms with Crippen LogP contribution < -0.4 is 20.0 Å². The number of piperazine rings is 1. The molecule has 3 fully saturated rings. The van der Waals surface area contributed by atoms with Gasteiger partial charge in [-0.2, -0.15) is 18.4 Å². The summed E-state index contributed by atoms with van der Waals surface area (Å²) >= 11 is 5.56. The number of hydrogen-bond donors (Lipinski definition) is 3. The van der Waals surface area contributed by atoms with E-state index in [2.05, 4.69) is 32.0 Å². The second-order valence-corrected chi connectivity index (χ2v) is 20.5. The Morgan fingerprint density at radius 3 is 2.47 bits per heavy atom. The van der Waals surface area contributed by atoms with E-state index in [1.165, 1.54) is 49.3 Å². The summed E-state index contributed by atoms with van der Waals surface area (Å²) in [4.78, 5) is 51.1. The van der Waals surface area contributed by atoms with Gasteiger partial charge in [-0.3, -0.25) is 24.2 Å². The van der Waals surface area contributed by atoms with Gasteiger partial charge in [0.05, 0.1) is 48.6 Å². The van der Waals surface area contributed by atoms with E-state index in [-0.39, 0.29) is 28.1 Å². The molecule has 0 radical (unpaired) electrons. The number of alkyl halides is 3. The van der Waals surface area contributed by atoms with Gasteiger partial charge in [-0.15, -0.1) is 0 Å². The summed E-state index contributed by atoms with van der Waals surface area (Å²) in [5.74, 6) is -0.846. The van der Waals surface area contributed by atoms with E-state index < -0.39 is 54.9 Å². The van der Waals surface area contributed by atoms with Gasteiger partial charge in [0, 0.05) is 73.6 Å². The number of nitrogens with zero attached hydrogens (tertiary/aromatic N) is 8. The van der Waals surface area contributed by atoms with E-state index in [1.54, 1.807) is 6.20 Å². The van der Waals surface area contributed by atoms with Gasteiger partial charge in [0.1, 0.15) is 22.8 Å². The highest BCUT2D eigenvalue weighted by Crippen LogP contribution is 2.53. The second-order valence-electron chi connectivity index (χ2n) is 17.7. The van der Waals surface area contributed by atoms with Crippen molar-refractivity contribution in [3.63, 3.8) is 0 Å². The first-order valence-corrected chi connectivity index (χ1v) is 24.0. The van der Waals surface area contributed by atoms with Gasteiger partial charge in [0.2, 0.25) is 0 Å². The van der Waals surface area contributed by atoms with Crippen LogP contribution in [0.4, 0.5) is 34.8 Å². The number of aromatic amines is 1. The van der Waals surface area contributed by atoms with Gasteiger partial charge in [-0.1, -0.05) is 12.8 Å². The molecule has 2 atom stereocenters. The molecule has 2 aromatic carbocycles. The summed E-state index contributed by atoms with van der Waals surface area (Å²) in [5, 5.41) is 12.7. The smallest absolute Gasteiger partial charge is 0.352 e. The molecule has 3 aliphatic rings. The average molecular weight is 944 g/mol. The van der Waals surface area contributed by atoms with Crippen molar-refractivity contribution >= 4 is 67.1 Å². The van der Waals surface area contributed by atoms with Crippen LogP contribution in [0.1, 0.15) is 86.5 Å². The maximum absolute atomic E-state index is 15.5. The van der Waals surface area contributed by atoms with Crippen molar-refractivity contribution in [1.82, 2.24) is 30.2 Å². The Hall–Kier alpha value is -6.04. The maximum atomic E-state index is 15.5. The van der Waals surface area contributed by atoms with E-state index >= 15 is 4.39 Å². The molecule has 0 unspecified atom stereocenters. The number of aromatic nitrogens is 4. The number of thiocarbonyl (C=S) groups is 1. The summed E-state index contributed by atoms with van der Waals surface area (Å²) in [6.45, 7) is 8.77. The van der Waals surface area contributed by atoms with Gasteiger partial charge < -0.3 is 20.1 Å². The van der Waals surface area contributed by atoms with Crippen molar-refractivity contribution in [1.29, 1.82) is 10.0 Å². The van der Waals surface area contributed by atoms with E-state index in [1.807, 2.05) is 24.4 Å². The summed E-state index contributed by atoms with van der Waals surface area (Å²) < 4.78 is 77.7. The van der Waals surface area contributed by atoms with Crippen LogP contribution in [0, 0.1) is 21.9 Å². The number of carbonyl (C=O) groups excluding carboxylic acids is 2. The van der Waals surface area contributed by atoms with E-state index in [0.717, 1.165) is 84.9 Å². The van der Waals surface area contributed by atoms with Crippen LogP contribution >= 0.6 is 12.2 Å². The third-order valence-corrected chi connectivity index (χ3v) is 15.3. The molecule has 3 N–H and O–H groups in total. The molecule has 66 heavy (non-hydrogen) atoms. The highest BCUT2D eigenvalue weighted by Gasteiger charge is 2.53. The Morgan fingerprint density at radius 2 is 1.79 bits per heavy atom. The molecule has 0 spiro atoms. The van der Waals surface area contributed by atoms with Crippen molar-refractivity contribution in [2.75, 3.05) is 53.7 Å². The molecule has 2 saturated heterocycles. The number of carbonyl (C=O) groups is 2. The third-order valence-electron chi connectivity index (χ3n) is 12.8. The number of amides is 2. The number of anilines is 3. The number of pyridine rings is 1. The van der Waals surface area contributed by atoms with Crippen LogP contribution in [-0.4, -0.2) is 96.5 Å². The fourth-order valence-corrected chi connectivity index (χ4v) is 10.9. The van der Waals surface area contributed by atoms with Crippen LogP contribution in [0.2, 0.25) is 0 Å². The molecule has 5 heterocycles. The van der Waals surface area contributed by atoms with Crippen molar-refractivity contribution in [2.24, 2.45) is 0 Å². The Morgan fingerprint density at radius 1 is 1.05 bits per heavy atom. The zero-order chi connectivity index (χ0) is 47.3. The lowest BCUT2D eigenvalue weighted by molar-refractivity contribution is -0.137. The zero-order valence-electron chi connectivity index (χ0n) is 36.8. The Labute approximate surface area is 385 Å². The molecule has 20 heteroatoms. The largest absolute Gasteiger partial charge is 0.417 e. The summed E-state index contributed by atoms with van der Waals surface area (Å²) in [6, 6.07) is 14.0. The normalized spacial score (nSPS) is 19.3. The first-order valence-electron chi connectivity index (χ1n) is 21.7. The quantitative estimate of drug-likeness (QED) is 0.0556. The van der Waals surface area contributed by atoms with Gasteiger partial charge in [-0.25, -0.2) is 23.6 Å². The summed E-state index contributed by atoms with van der Waals surface area (Å²) in [7, 11) is -2.92. The van der Waals surface area contributed by atoms with Crippen molar-refractivity contribution in [2.45, 2.75) is 81.8 Å². The fraction of sp³-hybridized carbons (Fsp3) is 0.413. The first kappa shape index (κ1) is 46.5. The lowest BCUT2D eigenvalue weighted by Crippen LogP contribution is -2.52. The molecule has 1 aliphatic carbocycles. The van der Waals surface area contributed by atoms with E-state index in [9.17, 15) is 32.2 Å². The maximum Gasteiger partial charge on any atom is 0.417 e. The standard InChI is InChI=1S/C46H49F4N11O3S2/c1-28-27-58(21-22-59(28)38-25-37(45(15-16-45)66(4,52)64)56-40(57-38)33-14-19-54-39-32(33)13-18-53-39)20-8-6-5-7-17-55-41(62)34-12-11-31(24-36(34)47)61-43(65)60(42(63)44(61,2)3)30-10-9-29(26-51)35(23-30)46(48,49)50/h9-14,18-19,23-25,28,52H,5-8,15-17,20-22,27H2,1-4H3,(H,53,54)(H,55,62)/t28-,66-/m1/s1. The van der Waals surface area contributed by atoms with Crippen LogP contribution in [0.5, 0.6) is 0 Å². The highest BCUT2D eigenvalue weighted by atomic mass is 32.2. The third kappa shape index (κ3) is 8.71. The number of rotatable bonds is 14. The molecule has 2 amide bonds. The van der Waals surface area contributed by atoms with E-state index in [4.69, 9.17) is 27.0 Å². The van der Waals surface area contributed by atoms with Crippen molar-refractivity contribution < 1.29 is 31.4 Å². The number of halogens is 4. The van der Waals surface area contributed by atoms with Crippen LogP contribution in [0.3, 0.4) is 0 Å². The number of H-pyrrole nitrogens is 1. The first-order chi connectivity index (χ1) is 31.2. The Kier molecular flexibility index (Phi) is 12.4. The number of hydrogen-bond acceptors (Lipinski definition) is 11. The van der Waals surface area contributed by atoms with E-state index in [0.29, 0.717) is 43.4 Å². The zero-order valence-corrected chi connectivity index (χ0v) is 38.5. The highest BCUT2D eigenvalue weighted by molar-refractivity contribution is 7.93. The molecule has 346 valence electrons. The average Bonchev–Trinajstić information content (AvgIpc) is 3.92.